The molecule has 1 aromatic heterocycles. The van der Waals surface area contributed by atoms with Gasteiger partial charge in [-0.3, -0.25) is 0 Å². The van der Waals surface area contributed by atoms with Gasteiger partial charge in [0.2, 0.25) is 0 Å². The number of thiol groups is 1. The summed E-state index contributed by atoms with van der Waals surface area (Å²) in [6.07, 6.45) is 2.44. The van der Waals surface area contributed by atoms with Crippen molar-refractivity contribution in [3.8, 4) is 0 Å². The van der Waals surface area contributed by atoms with Gasteiger partial charge in [0.05, 0.1) is 4.21 Å². The summed E-state index contributed by atoms with van der Waals surface area (Å²) in [4.78, 5) is 1.51. The van der Waals surface area contributed by atoms with E-state index in [0.717, 1.165) is 0 Å². The van der Waals surface area contributed by atoms with E-state index in [1.807, 2.05) is 11.3 Å². The first kappa shape index (κ1) is 9.14. The predicted molar refractivity (Wildman–Crippen MR) is 55.0 cm³/mol. The monoisotopic (exact) mass is 186 g/mol. The Balaban J connectivity index is 2.98. The van der Waals surface area contributed by atoms with Crippen LogP contribution in [0.2, 0.25) is 0 Å². The summed E-state index contributed by atoms with van der Waals surface area (Å²) in [5, 5.41) is 0. The maximum absolute atomic E-state index is 4.40. The molecule has 1 heterocycles. The fourth-order valence-electron chi connectivity index (χ4n) is 1.10. The minimum Gasteiger partial charge on any atom is -0.134 e. The lowest BCUT2D eigenvalue weighted by molar-refractivity contribution is 0.931. The highest BCUT2D eigenvalue weighted by molar-refractivity contribution is 7.83. The molecule has 0 amide bonds. The third kappa shape index (κ3) is 1.79. The van der Waals surface area contributed by atoms with E-state index in [4.69, 9.17) is 0 Å². The van der Waals surface area contributed by atoms with E-state index in [1.54, 1.807) is 0 Å². The van der Waals surface area contributed by atoms with Gasteiger partial charge >= 0.3 is 0 Å². The summed E-state index contributed by atoms with van der Waals surface area (Å²) in [5.41, 5.74) is 2.81. The van der Waals surface area contributed by atoms with Crippen LogP contribution in [0.4, 0.5) is 0 Å². The number of hydrogen-bond donors (Lipinski definition) is 1. The molecule has 0 fully saturated rings. The first-order valence-corrected chi connectivity index (χ1v) is 5.21. The lowest BCUT2D eigenvalue weighted by Crippen LogP contribution is -1.81. The van der Waals surface area contributed by atoms with E-state index in [2.05, 4.69) is 33.4 Å². The zero-order chi connectivity index (χ0) is 8.43. The molecule has 0 aliphatic carbocycles. The van der Waals surface area contributed by atoms with Gasteiger partial charge in [0, 0.05) is 4.88 Å². The van der Waals surface area contributed by atoms with E-state index in [1.165, 1.54) is 33.1 Å². The number of hydrogen-bond acceptors (Lipinski definition) is 2. The highest BCUT2D eigenvalue weighted by Gasteiger charge is 2.06. The van der Waals surface area contributed by atoms with Crippen molar-refractivity contribution in [3.05, 3.63) is 16.0 Å². The van der Waals surface area contributed by atoms with Crippen molar-refractivity contribution in [1.29, 1.82) is 0 Å². The van der Waals surface area contributed by atoms with Crippen LogP contribution in [-0.4, -0.2) is 0 Å². The fourth-order valence-corrected chi connectivity index (χ4v) is 2.76. The molecule has 0 aliphatic rings. The predicted octanol–water partition coefficient (Wildman–Crippen LogP) is 3.61. The van der Waals surface area contributed by atoms with E-state index in [9.17, 15) is 0 Å². The summed E-state index contributed by atoms with van der Waals surface area (Å²) >= 11 is 6.23. The van der Waals surface area contributed by atoms with Gasteiger partial charge in [-0.1, -0.05) is 13.3 Å². The number of aryl methyl sites for hydroxylation is 1. The maximum Gasteiger partial charge on any atom is 0.0602 e. The molecular weight excluding hydrogens is 172 g/mol. The van der Waals surface area contributed by atoms with Gasteiger partial charge in [0.1, 0.15) is 0 Å². The average molecular weight is 186 g/mol. The second-order valence-electron chi connectivity index (χ2n) is 2.83. The molecule has 0 unspecified atom stereocenters. The molecule has 0 saturated heterocycles. The van der Waals surface area contributed by atoms with Crippen molar-refractivity contribution in [2.75, 3.05) is 0 Å². The SMILES string of the molecule is CCCc1sc(S)c(C)c1C. The molecule has 11 heavy (non-hydrogen) atoms. The number of thiophene rings is 1. The Labute approximate surface area is 78.1 Å². The highest BCUT2D eigenvalue weighted by atomic mass is 32.2. The van der Waals surface area contributed by atoms with Crippen LogP contribution in [0.5, 0.6) is 0 Å². The fraction of sp³-hybridized carbons (Fsp3) is 0.556. The van der Waals surface area contributed by atoms with Gasteiger partial charge < -0.3 is 0 Å². The molecule has 0 saturated carbocycles. The van der Waals surface area contributed by atoms with E-state index in [0.29, 0.717) is 0 Å². The average Bonchev–Trinajstić information content (AvgIpc) is 2.19. The third-order valence-electron chi connectivity index (χ3n) is 2.00. The first-order valence-electron chi connectivity index (χ1n) is 3.94. The molecule has 1 aromatic rings. The summed E-state index contributed by atoms with van der Waals surface area (Å²) in [7, 11) is 0. The van der Waals surface area contributed by atoms with Crippen LogP contribution in [0.3, 0.4) is 0 Å². The highest BCUT2D eigenvalue weighted by Crippen LogP contribution is 2.30. The summed E-state index contributed by atoms with van der Waals surface area (Å²) in [6, 6.07) is 0. The Morgan fingerprint density at radius 3 is 2.27 bits per heavy atom. The molecule has 2 heteroatoms. The molecule has 62 valence electrons. The van der Waals surface area contributed by atoms with Crippen molar-refractivity contribution >= 4 is 24.0 Å². The van der Waals surface area contributed by atoms with Crippen LogP contribution >= 0.6 is 24.0 Å². The molecule has 0 nitrogen and oxygen atoms in total. The molecule has 0 aliphatic heterocycles. The van der Waals surface area contributed by atoms with Gasteiger partial charge in [-0.2, -0.15) is 0 Å². The van der Waals surface area contributed by atoms with Crippen molar-refractivity contribution in [1.82, 2.24) is 0 Å². The second-order valence-corrected chi connectivity index (χ2v) is 4.69. The van der Waals surface area contributed by atoms with Gasteiger partial charge in [-0.05, 0) is 31.4 Å². The number of rotatable bonds is 2. The molecule has 0 aromatic carbocycles. The zero-order valence-electron chi connectivity index (χ0n) is 7.27. The van der Waals surface area contributed by atoms with Crippen molar-refractivity contribution in [2.45, 2.75) is 37.8 Å². The van der Waals surface area contributed by atoms with E-state index < -0.39 is 0 Å². The second kappa shape index (κ2) is 3.63. The van der Waals surface area contributed by atoms with E-state index in [-0.39, 0.29) is 0 Å². The molecule has 0 radical (unpaired) electrons. The topological polar surface area (TPSA) is 0 Å². The minimum absolute atomic E-state index is 1.19. The van der Waals surface area contributed by atoms with Crippen LogP contribution in [-0.2, 0) is 6.42 Å². The Morgan fingerprint density at radius 1 is 1.27 bits per heavy atom. The summed E-state index contributed by atoms with van der Waals surface area (Å²) < 4.78 is 1.19. The Morgan fingerprint density at radius 2 is 1.91 bits per heavy atom. The van der Waals surface area contributed by atoms with Gasteiger partial charge in [0.25, 0.3) is 0 Å². The standard InChI is InChI=1S/C9H14S2/c1-4-5-8-6(2)7(3)9(10)11-8/h10H,4-5H2,1-3H3. The first-order chi connectivity index (χ1) is 5.16. The van der Waals surface area contributed by atoms with E-state index >= 15 is 0 Å². The minimum atomic E-state index is 1.19. The lowest BCUT2D eigenvalue weighted by atomic mass is 10.1. The maximum atomic E-state index is 4.40. The van der Waals surface area contributed by atoms with Gasteiger partial charge in [-0.25, -0.2) is 0 Å². The van der Waals surface area contributed by atoms with Crippen LogP contribution in [0.1, 0.15) is 29.3 Å². The molecule has 0 atom stereocenters. The zero-order valence-corrected chi connectivity index (χ0v) is 8.98. The third-order valence-corrected chi connectivity index (χ3v) is 3.86. The summed E-state index contributed by atoms with van der Waals surface area (Å²) in [6.45, 7) is 6.55. The Kier molecular flexibility index (Phi) is 3.02. The van der Waals surface area contributed by atoms with Crippen molar-refractivity contribution in [2.24, 2.45) is 0 Å². The van der Waals surface area contributed by atoms with Crippen molar-refractivity contribution in [3.63, 3.8) is 0 Å². The van der Waals surface area contributed by atoms with Crippen LogP contribution in [0.25, 0.3) is 0 Å². The quantitative estimate of drug-likeness (QED) is 0.670. The van der Waals surface area contributed by atoms with Crippen LogP contribution < -0.4 is 0 Å². The molecule has 0 N–H and O–H groups in total. The molecular formula is C9H14S2. The van der Waals surface area contributed by atoms with Gasteiger partial charge in [-0.15, -0.1) is 24.0 Å². The normalized spacial score (nSPS) is 10.5. The Bertz CT molecular complexity index is 248. The van der Waals surface area contributed by atoms with Crippen molar-refractivity contribution < 1.29 is 0 Å². The van der Waals surface area contributed by atoms with Crippen LogP contribution in [0, 0.1) is 13.8 Å². The Hall–Kier alpha value is 0.0500. The van der Waals surface area contributed by atoms with Gasteiger partial charge in [0.15, 0.2) is 0 Å². The lowest BCUT2D eigenvalue weighted by Gasteiger charge is -1.94. The summed E-state index contributed by atoms with van der Waals surface area (Å²) in [5.74, 6) is 0. The largest absolute Gasteiger partial charge is 0.134 e. The molecule has 0 bridgehead atoms. The molecule has 1 rings (SSSR count). The van der Waals surface area contributed by atoms with Crippen LogP contribution in [0.15, 0.2) is 4.21 Å². The smallest absolute Gasteiger partial charge is 0.0602 e. The molecule has 0 spiro atoms.